The Kier molecular flexibility index (Phi) is 7.01. The number of hydrogen-bond donors (Lipinski definition) is 1. The van der Waals surface area contributed by atoms with Gasteiger partial charge in [-0.15, -0.1) is 0 Å². The number of Topliss-reactive ketones (excluding diaryl/α,β-unsaturated/α-hetero) is 1. The summed E-state index contributed by atoms with van der Waals surface area (Å²) in [5.41, 5.74) is 2.01. The Morgan fingerprint density at radius 3 is 2.74 bits per heavy atom. The van der Waals surface area contributed by atoms with Crippen molar-refractivity contribution >= 4 is 40.2 Å². The van der Waals surface area contributed by atoms with Gasteiger partial charge in [0.25, 0.3) is 5.91 Å². The molecule has 2 aliphatic heterocycles. The lowest BCUT2D eigenvalue weighted by Crippen LogP contribution is -2.42. The molecule has 0 aliphatic carbocycles. The molecule has 1 saturated heterocycles. The number of furan rings is 1. The lowest BCUT2D eigenvalue weighted by Gasteiger charge is -2.33. The molecule has 1 fully saturated rings. The van der Waals surface area contributed by atoms with Crippen LogP contribution in [0.4, 0.5) is 10.5 Å². The van der Waals surface area contributed by atoms with E-state index in [0.717, 1.165) is 24.6 Å². The van der Waals surface area contributed by atoms with E-state index in [0.29, 0.717) is 59.4 Å². The number of likely N-dealkylation sites (tertiary alicyclic amines) is 1. The number of ketones is 1. The van der Waals surface area contributed by atoms with Crippen LogP contribution in [0, 0.1) is 5.92 Å². The van der Waals surface area contributed by atoms with E-state index < -0.39 is 5.60 Å². The van der Waals surface area contributed by atoms with Crippen LogP contribution in [0.1, 0.15) is 72.9 Å². The zero-order valence-electron chi connectivity index (χ0n) is 22.0. The van der Waals surface area contributed by atoms with Crippen LogP contribution in [-0.4, -0.2) is 58.6 Å². The summed E-state index contributed by atoms with van der Waals surface area (Å²) in [5, 5.41) is 3.79. The van der Waals surface area contributed by atoms with Crippen molar-refractivity contribution in [2.24, 2.45) is 10.9 Å². The number of carbonyl (C=O) groups is 3. The number of hydrogen-bond acceptors (Lipinski definition) is 7. The van der Waals surface area contributed by atoms with Crippen molar-refractivity contribution in [3.63, 3.8) is 0 Å². The van der Waals surface area contributed by atoms with Crippen LogP contribution < -0.4 is 5.32 Å². The van der Waals surface area contributed by atoms with E-state index in [-0.39, 0.29) is 24.2 Å². The third-order valence-corrected chi connectivity index (χ3v) is 6.86. The molecule has 198 valence electrons. The molecule has 0 bridgehead atoms. The van der Waals surface area contributed by atoms with E-state index in [1.807, 2.05) is 39.0 Å². The van der Waals surface area contributed by atoms with Crippen LogP contribution in [0.3, 0.4) is 0 Å². The highest BCUT2D eigenvalue weighted by atomic mass is 16.6. The fraction of sp³-hybridized carbons (Fsp3) is 0.414. The van der Waals surface area contributed by atoms with Crippen LogP contribution in [0.5, 0.6) is 0 Å². The lowest BCUT2D eigenvalue weighted by atomic mass is 9.94. The third kappa shape index (κ3) is 5.61. The summed E-state index contributed by atoms with van der Waals surface area (Å²) in [7, 11) is 0. The maximum absolute atomic E-state index is 13.0. The van der Waals surface area contributed by atoms with Gasteiger partial charge in [0.1, 0.15) is 16.9 Å². The predicted octanol–water partition coefficient (Wildman–Crippen LogP) is 5.30. The first-order valence-electron chi connectivity index (χ1n) is 13.0. The van der Waals surface area contributed by atoms with E-state index in [9.17, 15) is 14.4 Å². The highest BCUT2D eigenvalue weighted by molar-refractivity contribution is 6.20. The van der Waals surface area contributed by atoms with Crippen molar-refractivity contribution in [2.75, 3.05) is 19.6 Å². The molecule has 0 spiro atoms. The van der Waals surface area contributed by atoms with Gasteiger partial charge in [0.2, 0.25) is 0 Å². The van der Waals surface area contributed by atoms with Crippen LogP contribution in [0.15, 0.2) is 52.1 Å². The van der Waals surface area contributed by atoms with Crippen LogP contribution in [-0.2, 0) is 4.74 Å². The van der Waals surface area contributed by atoms with Gasteiger partial charge in [-0.2, -0.15) is 0 Å². The highest BCUT2D eigenvalue weighted by Gasteiger charge is 2.27. The van der Waals surface area contributed by atoms with Crippen molar-refractivity contribution in [1.29, 1.82) is 0 Å². The number of pyridine rings is 1. The molecule has 4 heterocycles. The number of fused-ring (bicyclic) bond motifs is 2. The zero-order valence-corrected chi connectivity index (χ0v) is 22.0. The van der Waals surface area contributed by atoms with Gasteiger partial charge < -0.3 is 19.4 Å². The van der Waals surface area contributed by atoms with Gasteiger partial charge in [0.15, 0.2) is 5.78 Å². The van der Waals surface area contributed by atoms with Crippen molar-refractivity contribution in [1.82, 2.24) is 15.2 Å². The highest BCUT2D eigenvalue weighted by Crippen LogP contribution is 2.30. The summed E-state index contributed by atoms with van der Waals surface area (Å²) in [6.07, 6.45) is 5.60. The molecular weight excluding hydrogens is 484 g/mol. The maximum Gasteiger partial charge on any atom is 0.410 e. The number of carbonyl (C=O) groups excluding carboxylic acids is 3. The molecule has 0 saturated carbocycles. The Hall–Kier alpha value is -4.01. The SMILES string of the molecule is CC(C)(C)OC(=O)N1CCC(CCNC(=O)c2cccc3cc(C4=Nc5cnccc5C(=O)C4)oc23)CC1. The van der Waals surface area contributed by atoms with Crippen molar-refractivity contribution in [3.05, 3.63) is 59.6 Å². The minimum Gasteiger partial charge on any atom is -0.454 e. The fourth-order valence-corrected chi connectivity index (χ4v) is 4.89. The van der Waals surface area contributed by atoms with Gasteiger partial charge in [-0.1, -0.05) is 12.1 Å². The first-order valence-corrected chi connectivity index (χ1v) is 13.0. The predicted molar refractivity (Wildman–Crippen MR) is 143 cm³/mol. The normalized spacial score (nSPS) is 16.2. The van der Waals surface area contributed by atoms with E-state index in [1.54, 1.807) is 29.4 Å². The number of benzene rings is 1. The summed E-state index contributed by atoms with van der Waals surface area (Å²) >= 11 is 0. The second-order valence-electron chi connectivity index (χ2n) is 10.8. The Labute approximate surface area is 221 Å². The van der Waals surface area contributed by atoms with Gasteiger partial charge >= 0.3 is 6.09 Å². The molecule has 0 radical (unpaired) electrons. The van der Waals surface area contributed by atoms with E-state index in [4.69, 9.17) is 9.15 Å². The maximum atomic E-state index is 13.0. The van der Waals surface area contributed by atoms with Crippen molar-refractivity contribution < 1.29 is 23.5 Å². The molecule has 5 rings (SSSR count). The largest absolute Gasteiger partial charge is 0.454 e. The van der Waals surface area contributed by atoms with Crippen LogP contribution >= 0.6 is 0 Å². The third-order valence-electron chi connectivity index (χ3n) is 6.86. The van der Waals surface area contributed by atoms with E-state index in [2.05, 4.69) is 15.3 Å². The molecule has 1 aromatic carbocycles. The van der Waals surface area contributed by atoms with E-state index >= 15 is 0 Å². The number of rotatable bonds is 5. The molecule has 2 aliphatic rings. The molecule has 2 amide bonds. The minimum absolute atomic E-state index is 0.0391. The summed E-state index contributed by atoms with van der Waals surface area (Å²) in [6.45, 7) is 7.46. The summed E-state index contributed by atoms with van der Waals surface area (Å²) in [4.78, 5) is 48.3. The number of para-hydroxylation sites is 1. The topological polar surface area (TPSA) is 114 Å². The number of aromatic nitrogens is 1. The minimum atomic E-state index is -0.500. The Morgan fingerprint density at radius 2 is 1.97 bits per heavy atom. The molecule has 0 unspecified atom stereocenters. The Bertz CT molecular complexity index is 1410. The standard InChI is InChI=1S/C29H32N4O5/c1-29(2,3)38-28(36)33-13-9-18(10-14-33)7-12-31-27(35)21-6-4-5-19-15-25(37-26(19)21)22-16-24(34)20-8-11-30-17-23(20)32-22/h4-6,8,11,15,17-18H,7,9-10,12-14,16H2,1-3H3,(H,31,35). The van der Waals surface area contributed by atoms with Gasteiger partial charge in [-0.3, -0.25) is 14.6 Å². The summed E-state index contributed by atoms with van der Waals surface area (Å²) in [6, 6.07) is 8.91. The van der Waals surface area contributed by atoms with Crippen molar-refractivity contribution in [2.45, 2.75) is 52.1 Å². The second kappa shape index (κ2) is 10.4. The second-order valence-corrected chi connectivity index (χ2v) is 10.8. The fourth-order valence-electron chi connectivity index (χ4n) is 4.89. The van der Waals surface area contributed by atoms with Crippen molar-refractivity contribution in [3.8, 4) is 0 Å². The molecule has 38 heavy (non-hydrogen) atoms. The molecule has 9 heteroatoms. The number of nitrogens with zero attached hydrogens (tertiary/aromatic N) is 3. The van der Waals surface area contributed by atoms with Gasteiger partial charge in [0.05, 0.1) is 29.6 Å². The molecule has 2 aromatic heterocycles. The zero-order chi connectivity index (χ0) is 26.9. The monoisotopic (exact) mass is 516 g/mol. The molecule has 9 nitrogen and oxygen atoms in total. The number of aliphatic imine (C=N–C) groups is 1. The first kappa shape index (κ1) is 25.6. The van der Waals surface area contributed by atoms with E-state index in [1.165, 1.54) is 0 Å². The smallest absolute Gasteiger partial charge is 0.410 e. The molecular formula is C29H32N4O5. The molecule has 0 atom stereocenters. The van der Waals surface area contributed by atoms with Crippen LogP contribution in [0.2, 0.25) is 0 Å². The summed E-state index contributed by atoms with van der Waals surface area (Å²) < 4.78 is 11.5. The molecule has 3 aromatic rings. The average Bonchev–Trinajstić information content (AvgIpc) is 3.33. The Balaban J connectivity index is 1.19. The van der Waals surface area contributed by atoms with Crippen LogP contribution in [0.25, 0.3) is 11.0 Å². The average molecular weight is 517 g/mol. The van der Waals surface area contributed by atoms with Gasteiger partial charge in [-0.05, 0) is 64.2 Å². The number of ether oxygens (including phenoxy) is 1. The first-order chi connectivity index (χ1) is 18.2. The number of nitrogens with one attached hydrogen (secondary N) is 1. The number of amides is 2. The molecule has 1 N–H and O–H groups in total. The van der Waals surface area contributed by atoms with Gasteiger partial charge in [0, 0.05) is 36.8 Å². The van der Waals surface area contributed by atoms with Gasteiger partial charge in [-0.25, -0.2) is 9.79 Å². The summed E-state index contributed by atoms with van der Waals surface area (Å²) in [5.74, 6) is 0.653. The quantitative estimate of drug-likeness (QED) is 0.492. The number of piperidine rings is 1. The Morgan fingerprint density at radius 1 is 1.18 bits per heavy atom. The lowest BCUT2D eigenvalue weighted by molar-refractivity contribution is 0.0181.